The molecular formula is C4H6N2O2S2. The summed E-state index contributed by atoms with van der Waals surface area (Å²) >= 11 is 0. The second-order valence-electron chi connectivity index (χ2n) is 1.68. The fourth-order valence-corrected chi connectivity index (χ4v) is 2.89. The Balaban J connectivity index is 3.37. The Morgan fingerprint density at radius 1 is 1.70 bits per heavy atom. The Bertz CT molecular complexity index is 321. The van der Waals surface area contributed by atoms with Crippen LogP contribution in [0, 0.1) is 0 Å². The van der Waals surface area contributed by atoms with Gasteiger partial charge >= 0.3 is 0 Å². The lowest BCUT2D eigenvalue weighted by Crippen LogP contribution is -2.15. The summed E-state index contributed by atoms with van der Waals surface area (Å²) in [5.41, 5.74) is 5.29. The molecular weight excluding hydrogens is 172 g/mol. The predicted octanol–water partition coefficient (Wildman–Crippen LogP) is -0.412. The molecule has 1 atom stereocenters. The largest absolute Gasteiger partial charge is 0.378 e. The molecule has 1 unspecified atom stereocenters. The van der Waals surface area contributed by atoms with Gasteiger partial charge in [-0.05, 0) is 6.92 Å². The van der Waals surface area contributed by atoms with E-state index in [-0.39, 0.29) is 5.17 Å². The molecule has 0 aromatic heterocycles. The van der Waals surface area contributed by atoms with Crippen molar-refractivity contribution < 1.29 is 8.42 Å². The highest BCUT2D eigenvalue weighted by molar-refractivity contribution is 8.43. The molecule has 6 heteroatoms. The maximum atomic E-state index is 10.4. The van der Waals surface area contributed by atoms with E-state index in [1.165, 1.54) is 6.20 Å². The molecule has 4 nitrogen and oxygen atoms in total. The maximum Gasteiger partial charge on any atom is 0.252 e. The minimum Gasteiger partial charge on any atom is -0.378 e. The van der Waals surface area contributed by atoms with Gasteiger partial charge in [0.1, 0.15) is 0 Å². The van der Waals surface area contributed by atoms with Crippen LogP contribution < -0.4 is 5.73 Å². The predicted molar refractivity (Wildman–Crippen MR) is 41.7 cm³/mol. The summed E-state index contributed by atoms with van der Waals surface area (Å²) in [4.78, 5) is 4.37. The van der Waals surface area contributed by atoms with Crippen LogP contribution in [0.25, 0.3) is 0 Å². The van der Waals surface area contributed by atoms with Crippen molar-refractivity contribution in [3.05, 3.63) is 11.1 Å². The van der Waals surface area contributed by atoms with Crippen LogP contribution in [-0.4, -0.2) is 13.6 Å². The van der Waals surface area contributed by atoms with Gasteiger partial charge in [-0.15, -0.1) is 0 Å². The summed E-state index contributed by atoms with van der Waals surface area (Å²) in [7, 11) is -3.11. The first-order valence-electron chi connectivity index (χ1n) is 2.47. The summed E-state index contributed by atoms with van der Waals surface area (Å²) in [5.74, 6) is 0. The van der Waals surface area contributed by atoms with Crippen LogP contribution in [0.4, 0.5) is 0 Å². The van der Waals surface area contributed by atoms with Crippen LogP contribution in [0.2, 0.25) is 0 Å². The first-order valence-corrected chi connectivity index (χ1v) is 5.28. The molecule has 10 heavy (non-hydrogen) atoms. The Morgan fingerprint density at radius 3 is 2.50 bits per heavy atom. The molecule has 1 rings (SSSR count). The molecule has 1 heterocycles. The number of hydrogen-bond donors (Lipinski definition) is 1. The van der Waals surface area contributed by atoms with Crippen LogP contribution in [0.15, 0.2) is 16.1 Å². The molecule has 0 aromatic carbocycles. The van der Waals surface area contributed by atoms with Crippen LogP contribution in [0.3, 0.4) is 0 Å². The second kappa shape index (κ2) is 2.55. The molecule has 0 amide bonds. The number of amidine groups is 1. The van der Waals surface area contributed by atoms with E-state index < -0.39 is 18.7 Å². The van der Waals surface area contributed by atoms with Crippen molar-refractivity contribution in [2.24, 2.45) is 10.7 Å². The third-order valence-electron chi connectivity index (χ3n) is 0.992. The summed E-state index contributed by atoms with van der Waals surface area (Å²) < 4.78 is 20.9. The summed E-state index contributed by atoms with van der Waals surface area (Å²) in [6, 6.07) is 0. The van der Waals surface area contributed by atoms with Crippen LogP contribution >= 0.6 is 0 Å². The van der Waals surface area contributed by atoms with E-state index in [4.69, 9.17) is 5.73 Å². The van der Waals surface area contributed by atoms with Crippen molar-refractivity contribution in [3.63, 3.8) is 0 Å². The lowest BCUT2D eigenvalue weighted by Gasteiger charge is -1.91. The standard InChI is InChI=1S/C4H6N2O2S2/c1-3-2-6-4(5)9(3)10(7)8/h2H,1H3,(H2,5,6). The molecule has 2 N–H and O–H groups in total. The minimum atomic E-state index is -2.15. The molecule has 0 saturated carbocycles. The van der Waals surface area contributed by atoms with Gasteiger partial charge in [0.15, 0.2) is 5.17 Å². The molecule has 0 aliphatic carbocycles. The molecule has 0 bridgehead atoms. The minimum absolute atomic E-state index is 0.186. The third kappa shape index (κ3) is 1.12. The number of allylic oxidation sites excluding steroid dienone is 1. The van der Waals surface area contributed by atoms with Gasteiger partial charge in [-0.2, -0.15) is 8.42 Å². The van der Waals surface area contributed by atoms with E-state index in [0.717, 1.165) is 0 Å². The summed E-state index contributed by atoms with van der Waals surface area (Å²) in [5, 5.41) is 0.186. The van der Waals surface area contributed by atoms with Crippen molar-refractivity contribution in [2.75, 3.05) is 0 Å². The molecule has 0 spiro atoms. The van der Waals surface area contributed by atoms with E-state index >= 15 is 0 Å². The first-order chi connectivity index (χ1) is 4.63. The van der Waals surface area contributed by atoms with Crippen LogP contribution in [-0.2, 0) is 18.7 Å². The number of aliphatic imine (C=N–C) groups is 1. The van der Waals surface area contributed by atoms with Gasteiger partial charge in [-0.25, -0.2) is 4.99 Å². The summed E-state index contributed by atoms with van der Waals surface area (Å²) in [6.07, 6.45) is 1.48. The lowest BCUT2D eigenvalue weighted by molar-refractivity contribution is 0.628. The highest BCUT2D eigenvalue weighted by Crippen LogP contribution is 2.09. The van der Waals surface area contributed by atoms with E-state index in [1.54, 1.807) is 6.92 Å². The van der Waals surface area contributed by atoms with Crippen molar-refractivity contribution in [1.82, 2.24) is 0 Å². The SMILES string of the molecule is CC1=CN=C(N)S1=S(=O)=O. The normalized spacial score (nSPS) is 23.9. The number of hydrogen-bond acceptors (Lipinski definition) is 4. The average Bonchev–Trinajstić information content (AvgIpc) is 2.11. The van der Waals surface area contributed by atoms with Crippen molar-refractivity contribution in [2.45, 2.75) is 6.92 Å². The van der Waals surface area contributed by atoms with E-state index in [2.05, 4.69) is 4.99 Å². The molecule has 56 valence electrons. The highest BCUT2D eigenvalue weighted by Gasteiger charge is 2.11. The highest BCUT2D eigenvalue weighted by atomic mass is 32.9. The zero-order chi connectivity index (χ0) is 7.72. The van der Waals surface area contributed by atoms with Crippen molar-refractivity contribution >= 4 is 23.9 Å². The lowest BCUT2D eigenvalue weighted by atomic mass is 10.7. The topological polar surface area (TPSA) is 72.5 Å². The maximum absolute atomic E-state index is 10.4. The molecule has 0 fully saturated rings. The van der Waals surface area contributed by atoms with E-state index in [9.17, 15) is 8.42 Å². The van der Waals surface area contributed by atoms with Gasteiger partial charge in [0.05, 0.1) is 0 Å². The Morgan fingerprint density at radius 2 is 2.30 bits per heavy atom. The smallest absolute Gasteiger partial charge is 0.252 e. The first kappa shape index (κ1) is 7.49. The third-order valence-corrected chi connectivity index (χ3v) is 4.56. The van der Waals surface area contributed by atoms with Gasteiger partial charge in [0.2, 0.25) is 0 Å². The molecule has 0 aromatic rings. The van der Waals surface area contributed by atoms with Crippen LogP contribution in [0.1, 0.15) is 6.92 Å². The summed E-state index contributed by atoms with van der Waals surface area (Å²) in [6.45, 7) is 1.70. The number of rotatable bonds is 0. The van der Waals surface area contributed by atoms with Gasteiger partial charge < -0.3 is 5.73 Å². The van der Waals surface area contributed by atoms with Gasteiger partial charge in [0.25, 0.3) is 9.26 Å². The molecule has 1 aliphatic rings. The van der Waals surface area contributed by atoms with Gasteiger partial charge in [-0.3, -0.25) is 0 Å². The monoisotopic (exact) mass is 178 g/mol. The fourth-order valence-electron chi connectivity index (χ4n) is 0.592. The zero-order valence-corrected chi connectivity index (χ0v) is 6.87. The Labute approximate surface area is 61.6 Å². The molecule has 1 aliphatic heterocycles. The Kier molecular flexibility index (Phi) is 1.91. The van der Waals surface area contributed by atoms with Crippen LogP contribution in [0.5, 0.6) is 0 Å². The van der Waals surface area contributed by atoms with Crippen molar-refractivity contribution in [1.29, 1.82) is 0 Å². The van der Waals surface area contributed by atoms with E-state index in [1.807, 2.05) is 0 Å². The zero-order valence-electron chi connectivity index (χ0n) is 5.23. The number of nitrogens with zero attached hydrogens (tertiary/aromatic N) is 1. The average molecular weight is 178 g/mol. The van der Waals surface area contributed by atoms with Gasteiger partial charge in [-0.1, -0.05) is 0 Å². The molecule has 0 saturated heterocycles. The van der Waals surface area contributed by atoms with Crippen molar-refractivity contribution in [3.8, 4) is 0 Å². The fraction of sp³-hybridized carbons (Fsp3) is 0.250. The van der Waals surface area contributed by atoms with E-state index in [0.29, 0.717) is 4.91 Å². The quantitative estimate of drug-likeness (QED) is 0.548. The number of nitrogens with two attached hydrogens (primary N) is 1. The Hall–Kier alpha value is -0.620. The second-order valence-corrected chi connectivity index (χ2v) is 5.50. The van der Waals surface area contributed by atoms with Gasteiger partial charge in [0, 0.05) is 20.6 Å². The molecule has 0 radical (unpaired) electrons.